The number of carbonyl (C=O) groups excluding carboxylic acids is 1. The second-order valence-electron chi connectivity index (χ2n) is 6.28. The Hall–Kier alpha value is -0.930. The van der Waals surface area contributed by atoms with Gasteiger partial charge in [-0.3, -0.25) is 4.79 Å². The third kappa shape index (κ3) is 3.21. The van der Waals surface area contributed by atoms with E-state index in [0.717, 1.165) is 19.3 Å². The summed E-state index contributed by atoms with van der Waals surface area (Å²) in [4.78, 5) is 11.9. The number of aliphatic hydroxyl groups is 2. The highest BCUT2D eigenvalue weighted by Crippen LogP contribution is 2.48. The van der Waals surface area contributed by atoms with Crippen LogP contribution in [0.3, 0.4) is 0 Å². The maximum absolute atomic E-state index is 11.9. The third-order valence-corrected chi connectivity index (χ3v) is 4.78. The summed E-state index contributed by atoms with van der Waals surface area (Å²) in [5.74, 6) is 0.376. The van der Waals surface area contributed by atoms with E-state index in [9.17, 15) is 15.0 Å². The molecule has 2 aliphatic carbocycles. The van der Waals surface area contributed by atoms with Gasteiger partial charge in [0.25, 0.3) is 0 Å². The van der Waals surface area contributed by atoms with Crippen molar-refractivity contribution >= 4 is 5.78 Å². The first-order valence-electron chi connectivity index (χ1n) is 7.79. The highest BCUT2D eigenvalue weighted by atomic mass is 16.3. The standard InChI is InChI=1S/C17H26O3/c1-3-4-6-12(18)7-5-8-13-14-9-11(2)17(20)15(14)10-16(13)19/h5,8,12-16,18-19H,2-4,6-7,9-10H2,1H3/t12?,13-,14-,15-,16+/m0/s1. The van der Waals surface area contributed by atoms with E-state index in [1.54, 1.807) is 0 Å². The second-order valence-corrected chi connectivity index (χ2v) is 6.28. The molecule has 0 spiro atoms. The minimum Gasteiger partial charge on any atom is -0.393 e. The molecule has 0 aromatic carbocycles. The first kappa shape index (κ1) is 15.5. The quantitative estimate of drug-likeness (QED) is 0.580. The Morgan fingerprint density at radius 1 is 1.50 bits per heavy atom. The second kappa shape index (κ2) is 6.68. The van der Waals surface area contributed by atoms with E-state index in [-0.39, 0.29) is 29.6 Å². The fraction of sp³-hybridized carbons (Fsp3) is 0.706. The predicted molar refractivity (Wildman–Crippen MR) is 79.1 cm³/mol. The summed E-state index contributed by atoms with van der Waals surface area (Å²) >= 11 is 0. The van der Waals surface area contributed by atoms with Gasteiger partial charge in [0.05, 0.1) is 12.2 Å². The molecule has 3 nitrogen and oxygen atoms in total. The molecule has 2 saturated carbocycles. The number of fused-ring (bicyclic) bond motifs is 1. The molecular weight excluding hydrogens is 252 g/mol. The number of carbonyl (C=O) groups is 1. The van der Waals surface area contributed by atoms with E-state index in [0.29, 0.717) is 24.8 Å². The molecule has 2 aliphatic rings. The number of rotatable bonds is 6. The number of ketones is 1. The van der Waals surface area contributed by atoms with Gasteiger partial charge in [-0.1, -0.05) is 38.5 Å². The number of aliphatic hydroxyl groups excluding tert-OH is 2. The number of hydrogen-bond acceptors (Lipinski definition) is 3. The molecule has 0 aliphatic heterocycles. The molecule has 0 amide bonds. The Labute approximate surface area is 121 Å². The zero-order chi connectivity index (χ0) is 14.7. The Morgan fingerprint density at radius 2 is 2.25 bits per heavy atom. The van der Waals surface area contributed by atoms with E-state index in [1.807, 2.05) is 12.2 Å². The van der Waals surface area contributed by atoms with Crippen LogP contribution in [0.2, 0.25) is 0 Å². The van der Waals surface area contributed by atoms with Crippen molar-refractivity contribution in [2.24, 2.45) is 17.8 Å². The number of unbranched alkanes of at least 4 members (excludes halogenated alkanes) is 1. The van der Waals surface area contributed by atoms with E-state index in [1.165, 1.54) is 0 Å². The molecule has 3 heteroatoms. The summed E-state index contributed by atoms with van der Waals surface area (Å²) in [7, 11) is 0. The van der Waals surface area contributed by atoms with Crippen LogP contribution in [0.5, 0.6) is 0 Å². The number of allylic oxidation sites excluding steroid dienone is 1. The van der Waals surface area contributed by atoms with Gasteiger partial charge in [-0.2, -0.15) is 0 Å². The van der Waals surface area contributed by atoms with Crippen LogP contribution in [-0.4, -0.2) is 28.2 Å². The van der Waals surface area contributed by atoms with Gasteiger partial charge >= 0.3 is 0 Å². The van der Waals surface area contributed by atoms with Gasteiger partial charge in [0.2, 0.25) is 0 Å². The zero-order valence-electron chi connectivity index (χ0n) is 12.3. The van der Waals surface area contributed by atoms with Crippen LogP contribution in [0, 0.1) is 17.8 Å². The average molecular weight is 278 g/mol. The molecular formula is C17H26O3. The smallest absolute Gasteiger partial charge is 0.161 e. The monoisotopic (exact) mass is 278 g/mol. The van der Waals surface area contributed by atoms with E-state index in [4.69, 9.17) is 0 Å². The molecule has 0 heterocycles. The Balaban J connectivity index is 1.89. The van der Waals surface area contributed by atoms with Gasteiger partial charge in [-0.15, -0.1) is 0 Å². The lowest BCUT2D eigenvalue weighted by molar-refractivity contribution is -0.118. The molecule has 0 saturated heterocycles. The summed E-state index contributed by atoms with van der Waals surface area (Å²) < 4.78 is 0. The Bertz CT molecular complexity index is 399. The van der Waals surface area contributed by atoms with Crippen LogP contribution in [0.1, 0.15) is 45.4 Å². The van der Waals surface area contributed by atoms with Crippen molar-refractivity contribution in [2.75, 3.05) is 0 Å². The molecule has 0 aromatic heterocycles. The number of hydrogen-bond donors (Lipinski definition) is 2. The van der Waals surface area contributed by atoms with Crippen LogP contribution < -0.4 is 0 Å². The summed E-state index contributed by atoms with van der Waals surface area (Å²) in [5, 5.41) is 19.9. The lowest BCUT2D eigenvalue weighted by Crippen LogP contribution is -2.16. The van der Waals surface area contributed by atoms with Gasteiger partial charge in [-0.05, 0) is 37.2 Å². The molecule has 1 unspecified atom stereocenters. The van der Waals surface area contributed by atoms with Crippen molar-refractivity contribution in [3.63, 3.8) is 0 Å². The first-order valence-corrected chi connectivity index (χ1v) is 7.79. The van der Waals surface area contributed by atoms with Crippen molar-refractivity contribution in [1.82, 2.24) is 0 Å². The van der Waals surface area contributed by atoms with E-state index < -0.39 is 6.10 Å². The fourth-order valence-electron chi connectivity index (χ4n) is 3.59. The van der Waals surface area contributed by atoms with Crippen molar-refractivity contribution in [2.45, 2.75) is 57.7 Å². The summed E-state index contributed by atoms with van der Waals surface area (Å²) in [6.45, 7) is 5.94. The van der Waals surface area contributed by atoms with Crippen LogP contribution in [0.4, 0.5) is 0 Å². The van der Waals surface area contributed by atoms with Gasteiger partial charge in [0.1, 0.15) is 0 Å². The molecule has 0 radical (unpaired) electrons. The molecule has 2 rings (SSSR count). The average Bonchev–Trinajstić information content (AvgIpc) is 2.86. The van der Waals surface area contributed by atoms with Crippen LogP contribution in [0.25, 0.3) is 0 Å². The van der Waals surface area contributed by atoms with Gasteiger partial charge < -0.3 is 10.2 Å². The molecule has 2 fully saturated rings. The number of Topliss-reactive ketones (excluding diaryl/α,β-unsaturated/α-hetero) is 1. The van der Waals surface area contributed by atoms with Crippen LogP contribution in [-0.2, 0) is 4.79 Å². The fourth-order valence-corrected chi connectivity index (χ4v) is 3.59. The van der Waals surface area contributed by atoms with Gasteiger partial charge in [0, 0.05) is 11.8 Å². The van der Waals surface area contributed by atoms with Crippen molar-refractivity contribution in [3.8, 4) is 0 Å². The highest BCUT2D eigenvalue weighted by Gasteiger charge is 2.49. The molecule has 20 heavy (non-hydrogen) atoms. The van der Waals surface area contributed by atoms with Crippen LogP contribution >= 0.6 is 0 Å². The molecule has 112 valence electrons. The Kier molecular flexibility index (Phi) is 5.17. The normalized spacial score (nSPS) is 35.0. The largest absolute Gasteiger partial charge is 0.393 e. The third-order valence-electron chi connectivity index (χ3n) is 4.78. The summed E-state index contributed by atoms with van der Waals surface area (Å²) in [5.41, 5.74) is 0.716. The van der Waals surface area contributed by atoms with Crippen molar-refractivity contribution in [3.05, 3.63) is 24.3 Å². The SMILES string of the molecule is C=C1C[C@H]2[C@H](C=CCC(O)CCCC)[C@H](O)C[C@@H]2C1=O. The van der Waals surface area contributed by atoms with Gasteiger partial charge in [-0.25, -0.2) is 0 Å². The highest BCUT2D eigenvalue weighted by molar-refractivity contribution is 5.99. The lowest BCUT2D eigenvalue weighted by Gasteiger charge is -2.16. The molecule has 2 N–H and O–H groups in total. The maximum atomic E-state index is 11.9. The minimum atomic E-state index is -0.425. The van der Waals surface area contributed by atoms with E-state index in [2.05, 4.69) is 13.5 Å². The summed E-state index contributed by atoms with van der Waals surface area (Å²) in [6, 6.07) is 0. The maximum Gasteiger partial charge on any atom is 0.161 e. The first-order chi connectivity index (χ1) is 9.54. The summed E-state index contributed by atoms with van der Waals surface area (Å²) in [6.07, 6.45) is 8.15. The molecule has 5 atom stereocenters. The van der Waals surface area contributed by atoms with E-state index >= 15 is 0 Å². The molecule has 0 aromatic rings. The molecule has 0 bridgehead atoms. The van der Waals surface area contributed by atoms with Crippen molar-refractivity contribution < 1.29 is 15.0 Å². The predicted octanol–water partition coefficient (Wildman–Crippen LogP) is 2.63. The van der Waals surface area contributed by atoms with Gasteiger partial charge in [0.15, 0.2) is 5.78 Å². The minimum absolute atomic E-state index is 0.0304. The topological polar surface area (TPSA) is 57.5 Å². The Morgan fingerprint density at radius 3 is 2.95 bits per heavy atom. The van der Waals surface area contributed by atoms with Crippen molar-refractivity contribution in [1.29, 1.82) is 0 Å². The zero-order valence-corrected chi connectivity index (χ0v) is 12.3. The lowest BCUT2D eigenvalue weighted by atomic mass is 9.90. The van der Waals surface area contributed by atoms with Crippen LogP contribution in [0.15, 0.2) is 24.3 Å².